The number of benzene rings is 2. The minimum Gasteiger partial charge on any atom is -0.497 e. The van der Waals surface area contributed by atoms with Crippen molar-refractivity contribution in [3.05, 3.63) is 71.0 Å². The molecule has 2 aromatic carbocycles. The molecule has 0 aliphatic heterocycles. The summed E-state index contributed by atoms with van der Waals surface area (Å²) in [7, 11) is 3.14. The zero-order valence-corrected chi connectivity index (χ0v) is 16.2. The Morgan fingerprint density at radius 3 is 2.57 bits per heavy atom. The summed E-state index contributed by atoms with van der Waals surface area (Å²) in [5.74, 6) is 1.21. The standard InChI is InChI=1S/C20H19ClN4O3/c1-27-15-7-8-18(28-2)17(11-15)25-20-22-10-9-16(24-20)19(26)23-12-13-3-5-14(21)6-4-13/h3-11H,12H2,1-2H3,(H,23,26)(H,22,24,25). The van der Waals surface area contributed by atoms with Crippen molar-refractivity contribution in [3.63, 3.8) is 0 Å². The topological polar surface area (TPSA) is 85.4 Å². The molecule has 0 aliphatic rings. The van der Waals surface area contributed by atoms with Gasteiger partial charge in [-0.2, -0.15) is 0 Å². The molecular weight excluding hydrogens is 380 g/mol. The maximum absolute atomic E-state index is 12.4. The SMILES string of the molecule is COc1ccc(OC)c(Nc2nccc(C(=O)NCc3ccc(Cl)cc3)n2)c1. The van der Waals surface area contributed by atoms with Gasteiger partial charge in [0, 0.05) is 23.8 Å². The number of ether oxygens (including phenoxy) is 2. The van der Waals surface area contributed by atoms with Crippen LogP contribution in [0.4, 0.5) is 11.6 Å². The summed E-state index contributed by atoms with van der Waals surface area (Å²) >= 11 is 5.87. The number of carbonyl (C=O) groups is 1. The van der Waals surface area contributed by atoms with E-state index in [0.29, 0.717) is 28.8 Å². The Labute approximate surface area is 167 Å². The van der Waals surface area contributed by atoms with Gasteiger partial charge >= 0.3 is 0 Å². The van der Waals surface area contributed by atoms with Crippen LogP contribution in [0.2, 0.25) is 5.02 Å². The summed E-state index contributed by atoms with van der Waals surface area (Å²) in [5.41, 5.74) is 1.81. The third-order valence-electron chi connectivity index (χ3n) is 3.91. The van der Waals surface area contributed by atoms with E-state index in [0.717, 1.165) is 5.56 Å². The van der Waals surface area contributed by atoms with Gasteiger partial charge in [0.05, 0.1) is 19.9 Å². The highest BCUT2D eigenvalue weighted by molar-refractivity contribution is 6.30. The molecule has 0 spiro atoms. The number of nitrogens with one attached hydrogen (secondary N) is 2. The lowest BCUT2D eigenvalue weighted by Crippen LogP contribution is -2.24. The average Bonchev–Trinajstić information content (AvgIpc) is 2.73. The van der Waals surface area contributed by atoms with Gasteiger partial charge in [-0.05, 0) is 35.9 Å². The molecule has 1 aromatic heterocycles. The Balaban J connectivity index is 1.71. The quantitative estimate of drug-likeness (QED) is 0.629. The van der Waals surface area contributed by atoms with E-state index in [1.54, 1.807) is 50.6 Å². The zero-order valence-electron chi connectivity index (χ0n) is 15.4. The molecular formula is C20H19ClN4O3. The largest absolute Gasteiger partial charge is 0.497 e. The van der Waals surface area contributed by atoms with E-state index in [1.807, 2.05) is 12.1 Å². The highest BCUT2D eigenvalue weighted by Gasteiger charge is 2.11. The van der Waals surface area contributed by atoms with Crippen LogP contribution in [0.25, 0.3) is 0 Å². The Morgan fingerprint density at radius 2 is 1.86 bits per heavy atom. The Bertz CT molecular complexity index is 964. The lowest BCUT2D eigenvalue weighted by atomic mass is 10.2. The van der Waals surface area contributed by atoms with Gasteiger partial charge in [0.2, 0.25) is 5.95 Å². The number of anilines is 2. The number of amides is 1. The third-order valence-corrected chi connectivity index (χ3v) is 4.16. The van der Waals surface area contributed by atoms with Crippen molar-refractivity contribution < 1.29 is 14.3 Å². The second-order valence-electron chi connectivity index (χ2n) is 5.77. The van der Waals surface area contributed by atoms with Crippen molar-refractivity contribution in [2.24, 2.45) is 0 Å². The molecule has 3 aromatic rings. The molecule has 7 nitrogen and oxygen atoms in total. The highest BCUT2D eigenvalue weighted by Crippen LogP contribution is 2.30. The Hall–Kier alpha value is -3.32. The molecule has 1 heterocycles. The lowest BCUT2D eigenvalue weighted by Gasteiger charge is -2.12. The van der Waals surface area contributed by atoms with Crippen LogP contribution < -0.4 is 20.1 Å². The van der Waals surface area contributed by atoms with Crippen molar-refractivity contribution in [1.82, 2.24) is 15.3 Å². The number of rotatable bonds is 7. The molecule has 3 rings (SSSR count). The summed E-state index contributed by atoms with van der Waals surface area (Å²) < 4.78 is 10.6. The van der Waals surface area contributed by atoms with Gasteiger partial charge in [-0.3, -0.25) is 4.79 Å². The monoisotopic (exact) mass is 398 g/mol. The fourth-order valence-electron chi connectivity index (χ4n) is 2.45. The molecule has 1 amide bonds. The highest BCUT2D eigenvalue weighted by atomic mass is 35.5. The van der Waals surface area contributed by atoms with Crippen LogP contribution >= 0.6 is 11.6 Å². The molecule has 8 heteroatoms. The van der Waals surface area contributed by atoms with Crippen molar-refractivity contribution in [2.45, 2.75) is 6.54 Å². The van der Waals surface area contributed by atoms with E-state index in [4.69, 9.17) is 21.1 Å². The summed E-state index contributed by atoms with van der Waals surface area (Å²) in [6, 6.07) is 14.1. The molecule has 0 radical (unpaired) electrons. The fourth-order valence-corrected chi connectivity index (χ4v) is 2.58. The molecule has 2 N–H and O–H groups in total. The predicted molar refractivity (Wildman–Crippen MR) is 107 cm³/mol. The number of halogens is 1. The number of methoxy groups -OCH3 is 2. The van der Waals surface area contributed by atoms with Gasteiger partial charge < -0.3 is 20.1 Å². The fraction of sp³-hybridized carbons (Fsp3) is 0.150. The van der Waals surface area contributed by atoms with Gasteiger partial charge in [0.1, 0.15) is 17.2 Å². The van der Waals surface area contributed by atoms with Crippen LogP contribution in [-0.2, 0) is 6.54 Å². The lowest BCUT2D eigenvalue weighted by molar-refractivity contribution is 0.0946. The molecule has 0 aliphatic carbocycles. The van der Waals surface area contributed by atoms with Gasteiger partial charge in [0.25, 0.3) is 5.91 Å². The van der Waals surface area contributed by atoms with Crippen LogP contribution in [0.1, 0.15) is 16.1 Å². The first-order chi connectivity index (χ1) is 13.6. The van der Waals surface area contributed by atoms with Gasteiger partial charge in [0.15, 0.2) is 0 Å². The molecule has 0 atom stereocenters. The first-order valence-electron chi connectivity index (χ1n) is 8.44. The van der Waals surface area contributed by atoms with Gasteiger partial charge in [-0.15, -0.1) is 0 Å². The van der Waals surface area contributed by atoms with E-state index < -0.39 is 0 Å². The molecule has 144 valence electrons. The maximum atomic E-state index is 12.4. The third kappa shape index (κ3) is 4.89. The van der Waals surface area contributed by atoms with Crippen molar-refractivity contribution >= 4 is 29.1 Å². The van der Waals surface area contributed by atoms with Crippen LogP contribution in [0, 0.1) is 0 Å². The van der Waals surface area contributed by atoms with Gasteiger partial charge in [-0.1, -0.05) is 23.7 Å². The van der Waals surface area contributed by atoms with Crippen molar-refractivity contribution in [2.75, 3.05) is 19.5 Å². The van der Waals surface area contributed by atoms with Crippen molar-refractivity contribution in [1.29, 1.82) is 0 Å². The molecule has 28 heavy (non-hydrogen) atoms. The van der Waals surface area contributed by atoms with Crippen LogP contribution in [0.3, 0.4) is 0 Å². The van der Waals surface area contributed by atoms with Gasteiger partial charge in [-0.25, -0.2) is 9.97 Å². The molecule has 0 saturated heterocycles. The maximum Gasteiger partial charge on any atom is 0.270 e. The molecule has 0 fully saturated rings. The number of hydrogen-bond donors (Lipinski definition) is 2. The smallest absolute Gasteiger partial charge is 0.270 e. The van der Waals surface area contributed by atoms with Crippen LogP contribution in [0.15, 0.2) is 54.7 Å². The van der Waals surface area contributed by atoms with E-state index in [9.17, 15) is 4.79 Å². The number of nitrogens with zero attached hydrogens (tertiary/aromatic N) is 2. The molecule has 0 unspecified atom stereocenters. The average molecular weight is 399 g/mol. The first-order valence-corrected chi connectivity index (χ1v) is 8.81. The predicted octanol–water partition coefficient (Wildman–Crippen LogP) is 3.82. The summed E-state index contributed by atoms with van der Waals surface area (Å²) in [5, 5.41) is 6.52. The van der Waals surface area contributed by atoms with E-state index >= 15 is 0 Å². The van der Waals surface area contributed by atoms with Crippen molar-refractivity contribution in [3.8, 4) is 11.5 Å². The van der Waals surface area contributed by atoms with Crippen LogP contribution in [-0.4, -0.2) is 30.1 Å². The number of hydrogen-bond acceptors (Lipinski definition) is 6. The van der Waals surface area contributed by atoms with E-state index in [1.165, 1.54) is 6.20 Å². The Morgan fingerprint density at radius 1 is 1.07 bits per heavy atom. The minimum atomic E-state index is -0.307. The number of carbonyl (C=O) groups excluding carboxylic acids is 1. The molecule has 0 bridgehead atoms. The van der Waals surface area contributed by atoms with E-state index in [-0.39, 0.29) is 17.5 Å². The zero-order chi connectivity index (χ0) is 19.9. The minimum absolute atomic E-state index is 0.244. The summed E-state index contributed by atoms with van der Waals surface area (Å²) in [6.45, 7) is 0.368. The number of aromatic nitrogens is 2. The summed E-state index contributed by atoms with van der Waals surface area (Å²) in [4.78, 5) is 20.8. The molecule has 0 saturated carbocycles. The van der Waals surface area contributed by atoms with Crippen LogP contribution in [0.5, 0.6) is 11.5 Å². The summed E-state index contributed by atoms with van der Waals surface area (Å²) in [6.07, 6.45) is 1.51. The second kappa shape index (κ2) is 9.05. The Kier molecular flexibility index (Phi) is 6.29. The van der Waals surface area contributed by atoms with E-state index in [2.05, 4.69) is 20.6 Å². The first kappa shape index (κ1) is 19.4. The normalized spacial score (nSPS) is 10.2. The second-order valence-corrected chi connectivity index (χ2v) is 6.20.